The Labute approximate surface area is 101 Å². The van der Waals surface area contributed by atoms with E-state index < -0.39 is 0 Å². The highest BCUT2D eigenvalue weighted by Crippen LogP contribution is 2.33. The molecule has 0 aliphatic carbocycles. The molecule has 3 heteroatoms. The minimum atomic E-state index is -0.168. The predicted molar refractivity (Wildman–Crippen MR) is 65.6 cm³/mol. The van der Waals surface area contributed by atoms with Crippen molar-refractivity contribution >= 4 is 11.8 Å². The van der Waals surface area contributed by atoms with Crippen LogP contribution in [0.5, 0.6) is 0 Å². The zero-order chi connectivity index (χ0) is 12.6. The Balaban J connectivity index is 2.37. The van der Waals surface area contributed by atoms with Gasteiger partial charge in [-0.1, -0.05) is 30.7 Å². The van der Waals surface area contributed by atoms with Crippen LogP contribution in [0.3, 0.4) is 0 Å². The monoisotopic (exact) mass is 231 g/mol. The lowest BCUT2D eigenvalue weighted by molar-refractivity contribution is -0.136. The molecule has 1 N–H and O–H groups in total. The Bertz CT molecular complexity index is 479. The van der Waals surface area contributed by atoms with E-state index in [9.17, 15) is 9.59 Å². The van der Waals surface area contributed by atoms with E-state index in [1.807, 2.05) is 32.9 Å². The highest BCUT2D eigenvalue weighted by molar-refractivity contribution is 5.99. The molecule has 1 aliphatic heterocycles. The second kappa shape index (κ2) is 4.32. The molecule has 1 aromatic rings. The van der Waals surface area contributed by atoms with Crippen molar-refractivity contribution < 1.29 is 9.59 Å². The molecule has 3 nitrogen and oxygen atoms in total. The number of carbonyl (C=O) groups excluding carboxylic acids is 2. The van der Waals surface area contributed by atoms with Crippen molar-refractivity contribution in [1.29, 1.82) is 0 Å². The maximum absolute atomic E-state index is 11.6. The lowest BCUT2D eigenvalue weighted by atomic mass is 9.79. The van der Waals surface area contributed by atoms with Crippen molar-refractivity contribution in [2.24, 2.45) is 5.92 Å². The van der Waals surface area contributed by atoms with Crippen LogP contribution in [0.15, 0.2) is 18.2 Å². The fourth-order valence-corrected chi connectivity index (χ4v) is 2.48. The van der Waals surface area contributed by atoms with Crippen LogP contribution in [0.1, 0.15) is 36.0 Å². The largest absolute Gasteiger partial charge is 0.296 e. The normalized spacial score (nSPS) is 24.6. The van der Waals surface area contributed by atoms with Gasteiger partial charge in [-0.2, -0.15) is 0 Å². The fourth-order valence-electron chi connectivity index (χ4n) is 2.48. The number of carbonyl (C=O) groups is 2. The number of nitrogens with one attached hydrogen (secondary N) is 1. The van der Waals surface area contributed by atoms with Crippen molar-refractivity contribution in [3.05, 3.63) is 34.9 Å². The van der Waals surface area contributed by atoms with E-state index in [4.69, 9.17) is 0 Å². The van der Waals surface area contributed by atoms with E-state index in [0.29, 0.717) is 6.42 Å². The number of amides is 2. The van der Waals surface area contributed by atoms with E-state index in [1.165, 1.54) is 5.56 Å². The molecule has 0 bridgehead atoms. The maximum Gasteiger partial charge on any atom is 0.230 e. The van der Waals surface area contributed by atoms with Crippen LogP contribution in [-0.2, 0) is 9.59 Å². The van der Waals surface area contributed by atoms with Crippen LogP contribution in [0, 0.1) is 19.8 Å². The van der Waals surface area contributed by atoms with E-state index in [1.54, 1.807) is 0 Å². The number of piperidine rings is 1. The maximum atomic E-state index is 11.6. The molecule has 0 spiro atoms. The highest BCUT2D eigenvalue weighted by Gasteiger charge is 2.34. The molecule has 2 atom stereocenters. The van der Waals surface area contributed by atoms with Gasteiger partial charge in [0.05, 0.1) is 0 Å². The summed E-state index contributed by atoms with van der Waals surface area (Å²) in [5, 5.41) is 2.38. The first kappa shape index (κ1) is 11.8. The Morgan fingerprint density at radius 2 is 1.94 bits per heavy atom. The lowest BCUT2D eigenvalue weighted by Gasteiger charge is -2.28. The zero-order valence-electron chi connectivity index (χ0n) is 10.4. The summed E-state index contributed by atoms with van der Waals surface area (Å²) in [6.45, 7) is 5.96. The van der Waals surface area contributed by atoms with Gasteiger partial charge in [0.1, 0.15) is 0 Å². The van der Waals surface area contributed by atoms with Gasteiger partial charge in [0.25, 0.3) is 0 Å². The third-order valence-electron chi connectivity index (χ3n) is 3.51. The molecular weight excluding hydrogens is 214 g/mol. The van der Waals surface area contributed by atoms with Crippen molar-refractivity contribution in [2.75, 3.05) is 0 Å². The Morgan fingerprint density at radius 3 is 2.59 bits per heavy atom. The molecule has 90 valence electrons. The molecule has 1 aromatic carbocycles. The van der Waals surface area contributed by atoms with Gasteiger partial charge in [0.15, 0.2) is 0 Å². The number of imide groups is 1. The van der Waals surface area contributed by atoms with Crippen molar-refractivity contribution in [2.45, 2.75) is 33.1 Å². The van der Waals surface area contributed by atoms with Gasteiger partial charge < -0.3 is 0 Å². The topological polar surface area (TPSA) is 46.2 Å². The first-order valence-electron chi connectivity index (χ1n) is 5.90. The van der Waals surface area contributed by atoms with Crippen LogP contribution < -0.4 is 5.32 Å². The van der Waals surface area contributed by atoms with Crippen LogP contribution >= 0.6 is 0 Å². The molecule has 2 unspecified atom stereocenters. The van der Waals surface area contributed by atoms with Gasteiger partial charge >= 0.3 is 0 Å². The highest BCUT2D eigenvalue weighted by atomic mass is 16.2. The standard InChI is InChI=1S/C14H17NO2/c1-8-4-5-11(9(2)6-8)12-7-13(16)15-14(17)10(12)3/h4-6,10,12H,7H2,1-3H3,(H,15,16,17). The van der Waals surface area contributed by atoms with E-state index in [0.717, 1.165) is 11.1 Å². The van der Waals surface area contributed by atoms with Gasteiger partial charge in [-0.3, -0.25) is 14.9 Å². The van der Waals surface area contributed by atoms with Crippen LogP contribution in [0.25, 0.3) is 0 Å². The quantitative estimate of drug-likeness (QED) is 0.752. The molecule has 0 saturated carbocycles. The first-order chi connectivity index (χ1) is 7.99. The summed E-state index contributed by atoms with van der Waals surface area (Å²) >= 11 is 0. The fraction of sp³-hybridized carbons (Fsp3) is 0.429. The van der Waals surface area contributed by atoms with Crippen molar-refractivity contribution in [3.63, 3.8) is 0 Å². The first-order valence-corrected chi connectivity index (χ1v) is 5.90. The molecule has 17 heavy (non-hydrogen) atoms. The van der Waals surface area contributed by atoms with Crippen molar-refractivity contribution in [1.82, 2.24) is 5.32 Å². The summed E-state index contributed by atoms with van der Waals surface area (Å²) in [5.41, 5.74) is 3.47. The Hall–Kier alpha value is -1.64. The lowest BCUT2D eigenvalue weighted by Crippen LogP contribution is -2.43. The Kier molecular flexibility index (Phi) is 3.01. The molecular formula is C14H17NO2. The minimum Gasteiger partial charge on any atom is -0.296 e. The third-order valence-corrected chi connectivity index (χ3v) is 3.51. The zero-order valence-corrected chi connectivity index (χ0v) is 10.4. The second-order valence-corrected chi connectivity index (χ2v) is 4.87. The molecule has 2 amide bonds. The molecule has 2 rings (SSSR count). The molecule has 1 saturated heterocycles. The smallest absolute Gasteiger partial charge is 0.230 e. The molecule has 1 aliphatic rings. The van der Waals surface area contributed by atoms with Gasteiger partial charge in [0, 0.05) is 18.3 Å². The van der Waals surface area contributed by atoms with E-state index >= 15 is 0 Å². The Morgan fingerprint density at radius 1 is 1.24 bits per heavy atom. The molecule has 0 aromatic heterocycles. The van der Waals surface area contributed by atoms with Gasteiger partial charge in [-0.15, -0.1) is 0 Å². The number of hydrogen-bond donors (Lipinski definition) is 1. The van der Waals surface area contributed by atoms with E-state index in [2.05, 4.69) is 11.4 Å². The van der Waals surface area contributed by atoms with Crippen LogP contribution in [0.2, 0.25) is 0 Å². The van der Waals surface area contributed by atoms with E-state index in [-0.39, 0.29) is 23.7 Å². The van der Waals surface area contributed by atoms with Crippen LogP contribution in [0.4, 0.5) is 0 Å². The summed E-state index contributed by atoms with van der Waals surface area (Å²) in [7, 11) is 0. The summed E-state index contributed by atoms with van der Waals surface area (Å²) in [6.07, 6.45) is 0.400. The van der Waals surface area contributed by atoms with Crippen molar-refractivity contribution in [3.8, 4) is 0 Å². The summed E-state index contributed by atoms with van der Waals surface area (Å²) < 4.78 is 0. The average molecular weight is 231 g/mol. The SMILES string of the molecule is Cc1ccc(C2CC(=O)NC(=O)C2C)c(C)c1. The minimum absolute atomic E-state index is 0.0110. The predicted octanol–water partition coefficient (Wildman–Crippen LogP) is 2.07. The van der Waals surface area contributed by atoms with Gasteiger partial charge in [-0.25, -0.2) is 0 Å². The van der Waals surface area contributed by atoms with Crippen LogP contribution in [-0.4, -0.2) is 11.8 Å². The number of aryl methyl sites for hydroxylation is 2. The third kappa shape index (κ3) is 2.23. The molecule has 0 radical (unpaired) electrons. The number of rotatable bonds is 1. The molecule has 1 heterocycles. The van der Waals surface area contributed by atoms with Gasteiger partial charge in [0.2, 0.25) is 11.8 Å². The summed E-state index contributed by atoms with van der Waals surface area (Å²) in [6, 6.07) is 6.17. The summed E-state index contributed by atoms with van der Waals surface area (Å²) in [5.74, 6) is -0.463. The number of hydrogen-bond acceptors (Lipinski definition) is 2. The number of benzene rings is 1. The summed E-state index contributed by atoms with van der Waals surface area (Å²) in [4.78, 5) is 23.1. The molecule has 1 fully saturated rings. The van der Waals surface area contributed by atoms with Gasteiger partial charge in [-0.05, 0) is 25.0 Å². The average Bonchev–Trinajstić information content (AvgIpc) is 2.24. The second-order valence-electron chi connectivity index (χ2n) is 4.87.